The van der Waals surface area contributed by atoms with E-state index in [1.807, 2.05) is 59.5 Å². The Labute approximate surface area is 406 Å². The number of carbonyl (C=O) groups excluding carboxylic acids is 7. The van der Waals surface area contributed by atoms with Crippen molar-refractivity contribution in [1.29, 1.82) is 0 Å². The van der Waals surface area contributed by atoms with Crippen LogP contribution in [-0.4, -0.2) is 124 Å². The van der Waals surface area contributed by atoms with Crippen molar-refractivity contribution < 1.29 is 33.6 Å². The Kier molecular flexibility index (Phi) is 18.3. The Morgan fingerprint density at radius 3 is 1.89 bits per heavy atom. The lowest BCUT2D eigenvalue weighted by atomic mass is 10.0. The van der Waals surface area contributed by atoms with Crippen LogP contribution in [-0.2, 0) is 48.0 Å². The second kappa shape index (κ2) is 24.9. The van der Waals surface area contributed by atoms with Gasteiger partial charge >= 0.3 is 6.03 Å². The van der Waals surface area contributed by atoms with E-state index in [0.717, 1.165) is 32.4 Å². The smallest absolute Gasteiger partial charge is 0.337 e. The second-order valence-corrected chi connectivity index (χ2v) is 17.4. The lowest BCUT2D eigenvalue weighted by molar-refractivity contribution is -0.134. The number of carbonyl (C=O) groups is 7. The molecule has 5 aromatic rings. The van der Waals surface area contributed by atoms with Crippen molar-refractivity contribution in [1.82, 2.24) is 51.9 Å². The number of para-hydroxylation sites is 2. The summed E-state index contributed by atoms with van der Waals surface area (Å²) in [4.78, 5) is 106. The van der Waals surface area contributed by atoms with Crippen molar-refractivity contribution in [2.75, 3.05) is 26.2 Å². The number of hydrazine groups is 1. The van der Waals surface area contributed by atoms with Gasteiger partial charge in [0.15, 0.2) is 0 Å². The molecule has 70 heavy (non-hydrogen) atoms. The van der Waals surface area contributed by atoms with Crippen molar-refractivity contribution >= 4 is 63.3 Å². The van der Waals surface area contributed by atoms with Crippen LogP contribution in [0, 0.1) is 11.8 Å². The van der Waals surface area contributed by atoms with Gasteiger partial charge in [0.25, 0.3) is 5.91 Å². The molecule has 0 aliphatic carbocycles. The standard InChI is InChI=1S/C51H62N12O7/c1-4-23-62-24-13-12-22-41(45(53)64)57-49(68)42(27-34-16-6-5-7-17-34)59-50(69)43(28-35-30-54-39-20-10-8-18-37(35)39)58-47(66)33(3)56-48(67)44(29-36-31-55-40-21-11-9-19-38(36)40)60-51(70)63(26-15-14-25-62)61-46(65)32(2)52/h4-11,16-21,30-33,41-44,54-55H,1,12-13,22-29,52H2,2-3H3,(H2,53,64)(H,56,67)(H,57,68)(H,58,66)(H,59,69)(H,60,70)(H,61,65). The number of rotatable bonds is 11. The maximum absolute atomic E-state index is 14.6. The number of H-pyrrole nitrogens is 2. The fourth-order valence-electron chi connectivity index (χ4n) is 8.05. The van der Waals surface area contributed by atoms with Crippen molar-refractivity contribution in [3.05, 3.63) is 121 Å². The molecule has 0 radical (unpaired) electrons. The molecular weight excluding hydrogens is 893 g/mol. The molecule has 1 aliphatic heterocycles. The first-order valence-electron chi connectivity index (χ1n) is 23.3. The minimum Gasteiger partial charge on any atom is -0.368 e. The number of fused-ring (bicyclic) bond motifs is 2. The monoisotopic (exact) mass is 954 g/mol. The molecule has 8 amide bonds. The largest absolute Gasteiger partial charge is 0.368 e. The van der Waals surface area contributed by atoms with E-state index in [2.05, 4.69) is 60.4 Å². The third kappa shape index (κ3) is 14.3. The Morgan fingerprint density at radius 1 is 0.729 bits per heavy atom. The van der Waals surface area contributed by atoms with E-state index in [1.54, 1.807) is 42.7 Å². The molecule has 368 valence electrons. The number of nitrogens with zero attached hydrogens (tertiary/aromatic N) is 2. The van der Waals surface area contributed by atoms with Gasteiger partial charge in [-0.05, 0) is 68.5 Å². The number of aromatic amines is 2. The number of urea groups is 1. The topological polar surface area (TPSA) is 282 Å². The summed E-state index contributed by atoms with van der Waals surface area (Å²) < 4.78 is 0. The first kappa shape index (κ1) is 51.4. The number of amides is 8. The van der Waals surface area contributed by atoms with E-state index in [9.17, 15) is 33.6 Å². The average Bonchev–Trinajstić information content (AvgIpc) is 3.95. The molecule has 0 saturated heterocycles. The van der Waals surface area contributed by atoms with E-state index >= 15 is 0 Å². The van der Waals surface area contributed by atoms with Gasteiger partial charge in [-0.2, -0.15) is 0 Å². The number of nitrogens with one attached hydrogen (secondary N) is 8. The third-order valence-corrected chi connectivity index (χ3v) is 11.9. The van der Waals surface area contributed by atoms with Gasteiger partial charge in [0.05, 0.1) is 12.6 Å². The lowest BCUT2D eigenvalue weighted by Crippen LogP contribution is -2.60. The molecule has 0 fully saturated rings. The Balaban J connectivity index is 1.35. The zero-order valence-electron chi connectivity index (χ0n) is 39.4. The fraction of sp³-hybridized carbons (Fsp3) is 0.353. The van der Waals surface area contributed by atoms with Gasteiger partial charge in [-0.3, -0.25) is 39.1 Å². The summed E-state index contributed by atoms with van der Waals surface area (Å²) in [5.41, 5.74) is 17.9. The average molecular weight is 955 g/mol. The Morgan fingerprint density at radius 2 is 1.27 bits per heavy atom. The molecule has 6 atom stereocenters. The van der Waals surface area contributed by atoms with E-state index in [0.29, 0.717) is 37.1 Å². The van der Waals surface area contributed by atoms with E-state index < -0.39 is 77.7 Å². The highest BCUT2D eigenvalue weighted by Crippen LogP contribution is 2.21. The summed E-state index contributed by atoms with van der Waals surface area (Å²) in [7, 11) is 0. The third-order valence-electron chi connectivity index (χ3n) is 11.9. The first-order valence-corrected chi connectivity index (χ1v) is 23.3. The predicted molar refractivity (Wildman–Crippen MR) is 266 cm³/mol. The Hall–Kier alpha value is -7.95. The van der Waals surface area contributed by atoms with Crippen molar-refractivity contribution in [2.24, 2.45) is 11.5 Å². The maximum atomic E-state index is 14.6. The molecule has 6 unspecified atom stereocenters. The quantitative estimate of drug-likeness (QED) is 0.0679. The van der Waals surface area contributed by atoms with Crippen LogP contribution in [0.5, 0.6) is 0 Å². The van der Waals surface area contributed by atoms with Crippen LogP contribution in [0.3, 0.4) is 0 Å². The molecule has 3 aromatic carbocycles. The van der Waals surface area contributed by atoms with E-state index in [-0.39, 0.29) is 38.8 Å². The summed E-state index contributed by atoms with van der Waals surface area (Å²) in [6.07, 6.45) is 6.39. The van der Waals surface area contributed by atoms with Crippen LogP contribution in [0.25, 0.3) is 21.8 Å². The van der Waals surface area contributed by atoms with E-state index in [1.165, 1.54) is 13.8 Å². The molecule has 19 nitrogen and oxygen atoms in total. The number of nitrogens with two attached hydrogens (primary N) is 2. The first-order chi connectivity index (χ1) is 33.7. The SMILES string of the molecule is C=CCN1CC#CCN(NC(=O)C(C)N)C(=O)NC(Cc2c[nH]c3ccccc23)C(=O)NC(C)C(=O)NC(Cc2c[nH]c3ccccc23)C(=O)NC(Cc2ccccc2)C(=O)NC(C(N)=O)CCCC1. The van der Waals surface area contributed by atoms with Gasteiger partial charge in [0.2, 0.25) is 29.5 Å². The van der Waals surface area contributed by atoms with Gasteiger partial charge in [-0.1, -0.05) is 84.6 Å². The molecule has 3 heterocycles. The number of aromatic nitrogens is 2. The normalized spacial score (nSPS) is 21.3. The molecule has 0 spiro atoms. The van der Waals surface area contributed by atoms with Gasteiger partial charge < -0.3 is 48.0 Å². The number of hydrogen-bond acceptors (Lipinski definition) is 9. The summed E-state index contributed by atoms with van der Waals surface area (Å²) >= 11 is 0. The van der Waals surface area contributed by atoms with Crippen LogP contribution < -0.4 is 43.5 Å². The lowest BCUT2D eigenvalue weighted by Gasteiger charge is -2.27. The number of primary amides is 1. The molecule has 0 saturated carbocycles. The highest BCUT2D eigenvalue weighted by molar-refractivity contribution is 5.97. The van der Waals surface area contributed by atoms with Crippen molar-refractivity contribution in [3.8, 4) is 11.8 Å². The molecule has 0 bridgehead atoms. The summed E-state index contributed by atoms with van der Waals surface area (Å²) in [5.74, 6) is 1.66. The van der Waals surface area contributed by atoms with Crippen LogP contribution in [0.2, 0.25) is 0 Å². The molecule has 19 heteroatoms. The van der Waals surface area contributed by atoms with Crippen molar-refractivity contribution in [3.63, 3.8) is 0 Å². The summed E-state index contributed by atoms with van der Waals surface area (Å²) in [5, 5.41) is 16.4. The van der Waals surface area contributed by atoms with Crippen molar-refractivity contribution in [2.45, 2.75) is 88.6 Å². The maximum Gasteiger partial charge on any atom is 0.337 e. The van der Waals surface area contributed by atoms with Crippen LogP contribution in [0.1, 0.15) is 49.8 Å². The second-order valence-electron chi connectivity index (χ2n) is 17.4. The molecule has 6 rings (SSSR count). The van der Waals surface area contributed by atoms with Gasteiger partial charge in [0.1, 0.15) is 36.8 Å². The molecular formula is C51H62N12O7. The number of hydrogen-bond donors (Lipinski definition) is 10. The molecule has 12 N–H and O–H groups in total. The summed E-state index contributed by atoms with van der Waals surface area (Å²) in [6.45, 7) is 7.66. The zero-order valence-corrected chi connectivity index (χ0v) is 39.4. The van der Waals surface area contributed by atoms with E-state index in [4.69, 9.17) is 11.5 Å². The minimum atomic E-state index is -1.31. The zero-order chi connectivity index (χ0) is 50.2. The Bertz CT molecular complexity index is 2720. The van der Waals surface area contributed by atoms with Crippen LogP contribution >= 0.6 is 0 Å². The number of benzene rings is 3. The fourth-order valence-corrected chi connectivity index (χ4v) is 8.05. The highest BCUT2D eigenvalue weighted by atomic mass is 16.2. The van der Waals surface area contributed by atoms with Crippen LogP contribution in [0.15, 0.2) is 104 Å². The predicted octanol–water partition coefficient (Wildman–Crippen LogP) is 1.56. The highest BCUT2D eigenvalue weighted by Gasteiger charge is 2.33. The van der Waals surface area contributed by atoms with Gasteiger partial charge in [-0.25, -0.2) is 9.80 Å². The molecule has 1 aliphatic rings. The van der Waals surface area contributed by atoms with Gasteiger partial charge in [-0.15, -0.1) is 6.58 Å². The summed E-state index contributed by atoms with van der Waals surface area (Å²) in [6, 6.07) is 15.8. The van der Waals surface area contributed by atoms with Crippen LogP contribution in [0.4, 0.5) is 4.79 Å². The minimum absolute atomic E-state index is 0.0280. The van der Waals surface area contributed by atoms with Gasteiger partial charge in [0, 0.05) is 60.0 Å². The molecule has 2 aromatic heterocycles.